The average Bonchev–Trinajstić information content (AvgIpc) is 3.45. The van der Waals surface area contributed by atoms with E-state index < -0.39 is 53.0 Å². The number of hydrogen-bond acceptors (Lipinski definition) is 6. The average molecular weight is 522 g/mol. The Labute approximate surface area is 219 Å². The van der Waals surface area contributed by atoms with E-state index in [0.717, 1.165) is 19.3 Å². The zero-order chi connectivity index (χ0) is 27.7. The molecule has 0 aromatic carbocycles. The van der Waals surface area contributed by atoms with Crippen molar-refractivity contribution in [3.05, 3.63) is 0 Å². The number of rotatable bonds is 7. The van der Waals surface area contributed by atoms with E-state index >= 15 is 0 Å². The molecule has 208 valence electrons. The number of nitrogens with zero attached hydrogens (tertiary/aromatic N) is 1. The Hall–Kier alpha value is -2.85. The largest absolute Gasteiger partial charge is 0.444 e. The maximum Gasteiger partial charge on any atom is 0.408 e. The van der Waals surface area contributed by atoms with Crippen molar-refractivity contribution in [1.29, 1.82) is 0 Å². The Morgan fingerprint density at radius 1 is 1.08 bits per heavy atom. The lowest BCUT2D eigenvalue weighted by Crippen LogP contribution is -2.60. The molecule has 0 aromatic rings. The molecule has 0 bridgehead atoms. The van der Waals surface area contributed by atoms with E-state index in [2.05, 4.69) is 16.0 Å². The lowest BCUT2D eigenvalue weighted by atomic mass is 9.85. The van der Waals surface area contributed by atoms with E-state index in [1.165, 1.54) is 0 Å². The van der Waals surface area contributed by atoms with Crippen LogP contribution in [-0.4, -0.2) is 71.4 Å². The van der Waals surface area contributed by atoms with E-state index in [1.807, 2.05) is 20.8 Å². The van der Waals surface area contributed by atoms with Crippen LogP contribution in [0.25, 0.3) is 0 Å². The van der Waals surface area contributed by atoms with Crippen LogP contribution in [0.1, 0.15) is 73.6 Å². The molecule has 0 radical (unpaired) electrons. The van der Waals surface area contributed by atoms with Crippen LogP contribution in [0.2, 0.25) is 0 Å². The van der Waals surface area contributed by atoms with Crippen LogP contribution >= 0.6 is 0 Å². The zero-order valence-corrected chi connectivity index (χ0v) is 22.9. The Kier molecular flexibility index (Phi) is 8.44. The highest BCUT2D eigenvalue weighted by Crippen LogP contribution is 2.43. The number of nitrogens with one attached hydrogen (secondary N) is 3. The summed E-state index contributed by atoms with van der Waals surface area (Å²) in [5, 5.41) is 8.21. The third-order valence-corrected chi connectivity index (χ3v) is 7.56. The molecule has 5 amide bonds. The third-order valence-electron chi connectivity index (χ3n) is 7.56. The molecule has 3 fully saturated rings. The fraction of sp³-hybridized carbons (Fsp3) is 0.808. The van der Waals surface area contributed by atoms with Crippen molar-refractivity contribution in [3.8, 4) is 0 Å². The quantitative estimate of drug-likeness (QED) is 0.392. The molecular formula is C26H43N5O6. The van der Waals surface area contributed by atoms with E-state index in [-0.39, 0.29) is 30.1 Å². The molecule has 3 aliphatic rings. The summed E-state index contributed by atoms with van der Waals surface area (Å²) in [4.78, 5) is 65.9. The lowest BCUT2D eigenvalue weighted by molar-refractivity contribution is -0.143. The molecule has 1 saturated carbocycles. The summed E-state index contributed by atoms with van der Waals surface area (Å²) in [5.74, 6) is -1.97. The van der Waals surface area contributed by atoms with Crippen molar-refractivity contribution in [2.24, 2.45) is 28.9 Å². The molecule has 2 heterocycles. The van der Waals surface area contributed by atoms with Gasteiger partial charge in [-0.1, -0.05) is 27.2 Å². The van der Waals surface area contributed by atoms with Gasteiger partial charge in [-0.2, -0.15) is 0 Å². The number of amides is 5. The van der Waals surface area contributed by atoms with Gasteiger partial charge < -0.3 is 31.3 Å². The topological polar surface area (TPSA) is 160 Å². The van der Waals surface area contributed by atoms with Gasteiger partial charge in [0.2, 0.25) is 23.6 Å². The molecule has 2 aliphatic heterocycles. The fourth-order valence-electron chi connectivity index (χ4n) is 5.77. The van der Waals surface area contributed by atoms with Crippen LogP contribution in [0.5, 0.6) is 0 Å². The predicted octanol–water partition coefficient (Wildman–Crippen LogP) is 1.05. The van der Waals surface area contributed by atoms with E-state index in [0.29, 0.717) is 19.5 Å². The Morgan fingerprint density at radius 3 is 2.30 bits per heavy atom. The fourth-order valence-corrected chi connectivity index (χ4v) is 5.77. The minimum Gasteiger partial charge on any atom is -0.444 e. The standard InChI is InChI=1S/C26H43N5O6/c1-25(2,3)19(30-24(36)37-26(4,5)6)23(35)31-13-15-8-7-9-16(15)18(31)22(34)29-17(20(27)32)12-14-10-11-28-21(14)33/h14-19H,7-13H2,1-6H3,(H2,27,32)(H,28,33)(H,29,34)(H,30,36)/t14-,15-,16-,17-,18-,19+/m0/s1. The number of alkyl carbamates (subject to hydrolysis) is 1. The Bertz CT molecular complexity index is 923. The highest BCUT2D eigenvalue weighted by atomic mass is 16.6. The van der Waals surface area contributed by atoms with Gasteiger partial charge in [0.15, 0.2) is 0 Å². The molecular weight excluding hydrogens is 478 g/mol. The molecule has 0 spiro atoms. The second-order valence-corrected chi connectivity index (χ2v) is 12.7. The normalized spacial score (nSPS) is 27.2. The van der Waals surface area contributed by atoms with Gasteiger partial charge in [0.05, 0.1) is 0 Å². The van der Waals surface area contributed by atoms with Crippen LogP contribution in [0.15, 0.2) is 0 Å². The van der Waals surface area contributed by atoms with E-state index in [4.69, 9.17) is 10.5 Å². The van der Waals surface area contributed by atoms with Crippen molar-refractivity contribution in [2.75, 3.05) is 13.1 Å². The van der Waals surface area contributed by atoms with Gasteiger partial charge in [0.1, 0.15) is 23.7 Å². The smallest absolute Gasteiger partial charge is 0.408 e. The van der Waals surface area contributed by atoms with Crippen LogP contribution in [0.3, 0.4) is 0 Å². The monoisotopic (exact) mass is 521 g/mol. The number of primary amides is 1. The SMILES string of the molecule is CC(C)(C)OC(=O)N[C@H](C(=O)N1C[C@@H]2CCC[C@@H]2[C@H]1C(=O)N[C@@H](C[C@@H]1CCNC1=O)C(N)=O)C(C)(C)C. The predicted molar refractivity (Wildman–Crippen MR) is 136 cm³/mol. The summed E-state index contributed by atoms with van der Waals surface area (Å²) in [6, 6.07) is -2.73. The van der Waals surface area contributed by atoms with Gasteiger partial charge in [0, 0.05) is 19.0 Å². The number of nitrogens with two attached hydrogens (primary N) is 1. The maximum absolute atomic E-state index is 13.9. The second kappa shape index (κ2) is 10.9. The number of carbonyl (C=O) groups excluding carboxylic acids is 5. The third kappa shape index (κ3) is 6.93. The molecule has 11 nitrogen and oxygen atoms in total. The zero-order valence-electron chi connectivity index (χ0n) is 22.9. The number of carbonyl (C=O) groups is 5. The Morgan fingerprint density at radius 2 is 1.76 bits per heavy atom. The lowest BCUT2D eigenvalue weighted by Gasteiger charge is -2.36. The first-order chi connectivity index (χ1) is 17.1. The molecule has 0 unspecified atom stereocenters. The summed E-state index contributed by atoms with van der Waals surface area (Å²) >= 11 is 0. The van der Waals surface area contributed by atoms with Crippen molar-refractivity contribution in [3.63, 3.8) is 0 Å². The van der Waals surface area contributed by atoms with Crippen LogP contribution in [0.4, 0.5) is 4.79 Å². The summed E-state index contributed by atoms with van der Waals surface area (Å²) in [6.07, 6.45) is 2.64. The molecule has 11 heteroatoms. The summed E-state index contributed by atoms with van der Waals surface area (Å²) in [5.41, 5.74) is 4.20. The Balaban J connectivity index is 1.81. The molecule has 5 N–H and O–H groups in total. The van der Waals surface area contributed by atoms with Crippen molar-refractivity contribution < 1.29 is 28.7 Å². The van der Waals surface area contributed by atoms with Gasteiger partial charge in [-0.05, 0) is 63.7 Å². The van der Waals surface area contributed by atoms with Crippen molar-refractivity contribution in [1.82, 2.24) is 20.9 Å². The minimum atomic E-state index is -1.02. The number of ether oxygens (including phenoxy) is 1. The minimum absolute atomic E-state index is 0.0469. The van der Waals surface area contributed by atoms with Gasteiger partial charge in [-0.25, -0.2) is 4.79 Å². The summed E-state index contributed by atoms with van der Waals surface area (Å²) in [6.45, 7) is 11.7. The van der Waals surface area contributed by atoms with Crippen LogP contribution in [-0.2, 0) is 23.9 Å². The highest BCUT2D eigenvalue weighted by Gasteiger charge is 2.52. The van der Waals surface area contributed by atoms with Gasteiger partial charge in [-0.3, -0.25) is 19.2 Å². The summed E-state index contributed by atoms with van der Waals surface area (Å²) < 4.78 is 5.39. The molecule has 3 rings (SSSR count). The summed E-state index contributed by atoms with van der Waals surface area (Å²) in [7, 11) is 0. The van der Waals surface area contributed by atoms with E-state index in [1.54, 1.807) is 25.7 Å². The number of fused-ring (bicyclic) bond motifs is 1. The molecule has 37 heavy (non-hydrogen) atoms. The van der Waals surface area contributed by atoms with Crippen LogP contribution in [0, 0.1) is 23.2 Å². The van der Waals surface area contributed by atoms with Crippen LogP contribution < -0.4 is 21.7 Å². The van der Waals surface area contributed by atoms with Crippen molar-refractivity contribution >= 4 is 29.7 Å². The number of likely N-dealkylation sites (tertiary alicyclic amines) is 1. The molecule has 6 atom stereocenters. The maximum atomic E-state index is 13.9. The first-order valence-electron chi connectivity index (χ1n) is 13.3. The van der Waals surface area contributed by atoms with Gasteiger partial charge in [0.25, 0.3) is 0 Å². The second-order valence-electron chi connectivity index (χ2n) is 12.7. The van der Waals surface area contributed by atoms with Crippen molar-refractivity contribution in [2.45, 2.75) is 97.4 Å². The van der Waals surface area contributed by atoms with Gasteiger partial charge in [-0.15, -0.1) is 0 Å². The van der Waals surface area contributed by atoms with Gasteiger partial charge >= 0.3 is 6.09 Å². The first-order valence-corrected chi connectivity index (χ1v) is 13.3. The van der Waals surface area contributed by atoms with E-state index in [9.17, 15) is 24.0 Å². The molecule has 0 aromatic heterocycles. The first kappa shape index (κ1) is 28.7. The highest BCUT2D eigenvalue weighted by molar-refractivity contribution is 5.95. The molecule has 2 saturated heterocycles. The number of hydrogen-bond donors (Lipinski definition) is 4. The molecule has 1 aliphatic carbocycles.